The van der Waals surface area contributed by atoms with Crippen molar-refractivity contribution in [2.45, 2.75) is 26.3 Å². The predicted octanol–water partition coefficient (Wildman–Crippen LogP) is 1.48. The number of carbonyl (C=O) groups is 1. The van der Waals surface area contributed by atoms with Crippen molar-refractivity contribution in [3.8, 4) is 5.88 Å². The molecule has 2 aromatic rings. The minimum atomic E-state index is -0.118. The maximum Gasteiger partial charge on any atom is 0.233 e. The lowest BCUT2D eigenvalue weighted by Gasteiger charge is -2.17. The standard InChI is InChI=1S/C15H20N6O2/c1-3-23-15-5-4-14(17-18-15)20-8-6-12(10-20)21-9-7-13(19-21)16-11(2)22/h4-5,7,9,12H,3,6,8,10H2,1-2H3,(H,16,19,22)/t12-/m0/s1. The van der Waals surface area contributed by atoms with E-state index in [2.05, 4.69) is 25.5 Å². The quantitative estimate of drug-likeness (QED) is 0.899. The van der Waals surface area contributed by atoms with Gasteiger partial charge in [-0.15, -0.1) is 10.2 Å². The van der Waals surface area contributed by atoms with Crippen LogP contribution in [0.15, 0.2) is 24.4 Å². The number of hydrogen-bond acceptors (Lipinski definition) is 6. The lowest BCUT2D eigenvalue weighted by Crippen LogP contribution is -2.22. The topological polar surface area (TPSA) is 85.2 Å². The Kier molecular flexibility index (Phi) is 4.40. The molecule has 0 saturated carbocycles. The van der Waals surface area contributed by atoms with Crippen molar-refractivity contribution in [1.82, 2.24) is 20.0 Å². The molecule has 122 valence electrons. The lowest BCUT2D eigenvalue weighted by molar-refractivity contribution is -0.114. The van der Waals surface area contributed by atoms with Gasteiger partial charge in [-0.05, 0) is 19.4 Å². The molecule has 1 N–H and O–H groups in total. The lowest BCUT2D eigenvalue weighted by atomic mass is 10.3. The van der Waals surface area contributed by atoms with Gasteiger partial charge in [-0.2, -0.15) is 5.10 Å². The number of anilines is 2. The van der Waals surface area contributed by atoms with E-state index in [1.165, 1.54) is 6.92 Å². The largest absolute Gasteiger partial charge is 0.477 e. The third-order valence-electron chi connectivity index (χ3n) is 3.69. The van der Waals surface area contributed by atoms with Crippen LogP contribution in [-0.4, -0.2) is 45.6 Å². The van der Waals surface area contributed by atoms with Gasteiger partial charge in [-0.1, -0.05) is 0 Å². The molecule has 23 heavy (non-hydrogen) atoms. The van der Waals surface area contributed by atoms with Gasteiger partial charge in [0.25, 0.3) is 0 Å². The summed E-state index contributed by atoms with van der Waals surface area (Å²) in [5.41, 5.74) is 0. The fourth-order valence-corrected chi connectivity index (χ4v) is 2.66. The van der Waals surface area contributed by atoms with Crippen LogP contribution in [0.5, 0.6) is 5.88 Å². The van der Waals surface area contributed by atoms with Crippen LogP contribution < -0.4 is 15.0 Å². The van der Waals surface area contributed by atoms with Crippen LogP contribution in [0.1, 0.15) is 26.3 Å². The minimum Gasteiger partial charge on any atom is -0.477 e. The van der Waals surface area contributed by atoms with Crippen molar-refractivity contribution in [3.63, 3.8) is 0 Å². The first-order chi connectivity index (χ1) is 11.2. The summed E-state index contributed by atoms with van der Waals surface area (Å²) in [6, 6.07) is 5.82. The second kappa shape index (κ2) is 6.64. The number of carbonyl (C=O) groups excluding carboxylic acids is 1. The summed E-state index contributed by atoms with van der Waals surface area (Å²) >= 11 is 0. The Morgan fingerprint density at radius 3 is 2.96 bits per heavy atom. The summed E-state index contributed by atoms with van der Waals surface area (Å²) < 4.78 is 7.20. The Morgan fingerprint density at radius 1 is 1.39 bits per heavy atom. The number of amides is 1. The molecule has 1 fully saturated rings. The Bertz CT molecular complexity index is 669. The van der Waals surface area contributed by atoms with Gasteiger partial charge in [0.2, 0.25) is 11.8 Å². The van der Waals surface area contributed by atoms with E-state index in [0.29, 0.717) is 18.3 Å². The van der Waals surface area contributed by atoms with Crippen LogP contribution in [0.2, 0.25) is 0 Å². The molecule has 1 aliphatic heterocycles. The third-order valence-corrected chi connectivity index (χ3v) is 3.69. The van der Waals surface area contributed by atoms with Gasteiger partial charge in [-0.25, -0.2) is 0 Å². The van der Waals surface area contributed by atoms with Gasteiger partial charge >= 0.3 is 0 Å². The number of nitrogens with zero attached hydrogens (tertiary/aromatic N) is 5. The summed E-state index contributed by atoms with van der Waals surface area (Å²) in [7, 11) is 0. The zero-order chi connectivity index (χ0) is 16.2. The van der Waals surface area contributed by atoms with E-state index in [1.54, 1.807) is 6.07 Å². The second-order valence-electron chi connectivity index (χ2n) is 5.41. The zero-order valence-electron chi connectivity index (χ0n) is 13.3. The first kappa shape index (κ1) is 15.3. The number of hydrogen-bond donors (Lipinski definition) is 1. The highest BCUT2D eigenvalue weighted by atomic mass is 16.5. The highest BCUT2D eigenvalue weighted by molar-refractivity contribution is 5.87. The molecule has 0 aromatic carbocycles. The molecule has 3 heterocycles. The molecule has 8 heteroatoms. The molecule has 1 atom stereocenters. The summed E-state index contributed by atoms with van der Waals surface area (Å²) in [5.74, 6) is 1.84. The Labute approximate surface area is 134 Å². The molecule has 0 bridgehead atoms. The van der Waals surface area contributed by atoms with Gasteiger partial charge in [0, 0.05) is 38.3 Å². The van der Waals surface area contributed by atoms with E-state index in [-0.39, 0.29) is 11.9 Å². The first-order valence-corrected chi connectivity index (χ1v) is 7.70. The number of nitrogens with one attached hydrogen (secondary N) is 1. The molecule has 0 spiro atoms. The molecule has 2 aromatic heterocycles. The first-order valence-electron chi connectivity index (χ1n) is 7.70. The summed E-state index contributed by atoms with van der Waals surface area (Å²) in [5, 5.41) is 15.4. The van der Waals surface area contributed by atoms with E-state index < -0.39 is 0 Å². The fourth-order valence-electron chi connectivity index (χ4n) is 2.66. The van der Waals surface area contributed by atoms with Crippen LogP contribution in [0, 0.1) is 0 Å². The normalized spacial score (nSPS) is 17.3. The molecule has 0 radical (unpaired) electrons. The van der Waals surface area contributed by atoms with Gasteiger partial charge in [-0.3, -0.25) is 9.48 Å². The van der Waals surface area contributed by atoms with E-state index in [0.717, 1.165) is 25.3 Å². The average molecular weight is 316 g/mol. The fraction of sp³-hybridized carbons (Fsp3) is 0.467. The van der Waals surface area contributed by atoms with Crippen LogP contribution in [0.4, 0.5) is 11.6 Å². The molecule has 8 nitrogen and oxygen atoms in total. The van der Waals surface area contributed by atoms with E-state index in [4.69, 9.17) is 4.74 Å². The SMILES string of the molecule is CCOc1ccc(N2CC[C@H](n3ccc(NC(C)=O)n3)C2)nn1. The predicted molar refractivity (Wildman–Crippen MR) is 85.6 cm³/mol. The molecule has 1 amide bonds. The zero-order valence-corrected chi connectivity index (χ0v) is 13.3. The second-order valence-corrected chi connectivity index (χ2v) is 5.41. The molecule has 0 aliphatic carbocycles. The van der Waals surface area contributed by atoms with Crippen molar-refractivity contribution < 1.29 is 9.53 Å². The van der Waals surface area contributed by atoms with Crippen LogP contribution in [0.3, 0.4) is 0 Å². The Balaban J connectivity index is 1.63. The van der Waals surface area contributed by atoms with Crippen LogP contribution >= 0.6 is 0 Å². The minimum absolute atomic E-state index is 0.118. The van der Waals surface area contributed by atoms with Crippen molar-refractivity contribution >= 4 is 17.5 Å². The maximum atomic E-state index is 11.1. The van der Waals surface area contributed by atoms with E-state index in [9.17, 15) is 4.79 Å². The molecule has 1 saturated heterocycles. The molecule has 3 rings (SSSR count). The van der Waals surface area contributed by atoms with Gasteiger partial charge in [0.1, 0.15) is 0 Å². The van der Waals surface area contributed by atoms with Gasteiger partial charge < -0.3 is 15.0 Å². The molecular formula is C15H20N6O2. The Hall–Kier alpha value is -2.64. The number of ether oxygens (including phenoxy) is 1. The summed E-state index contributed by atoms with van der Waals surface area (Å²) in [6.45, 7) is 5.67. The van der Waals surface area contributed by atoms with Crippen molar-refractivity contribution in [2.24, 2.45) is 0 Å². The van der Waals surface area contributed by atoms with E-state index in [1.807, 2.05) is 29.9 Å². The molecule has 0 unspecified atom stereocenters. The number of rotatable bonds is 5. The van der Waals surface area contributed by atoms with Crippen LogP contribution in [0.25, 0.3) is 0 Å². The third kappa shape index (κ3) is 3.58. The highest BCUT2D eigenvalue weighted by Crippen LogP contribution is 2.26. The van der Waals surface area contributed by atoms with Crippen molar-refractivity contribution in [1.29, 1.82) is 0 Å². The van der Waals surface area contributed by atoms with E-state index >= 15 is 0 Å². The highest BCUT2D eigenvalue weighted by Gasteiger charge is 2.25. The van der Waals surface area contributed by atoms with Crippen molar-refractivity contribution in [2.75, 3.05) is 29.9 Å². The smallest absolute Gasteiger partial charge is 0.233 e. The summed E-state index contributed by atoms with van der Waals surface area (Å²) in [6.07, 6.45) is 2.86. The molecule has 1 aliphatic rings. The Morgan fingerprint density at radius 2 is 2.26 bits per heavy atom. The average Bonchev–Trinajstić information content (AvgIpc) is 3.17. The van der Waals surface area contributed by atoms with Gasteiger partial charge in [0.15, 0.2) is 11.6 Å². The van der Waals surface area contributed by atoms with Crippen LogP contribution in [-0.2, 0) is 4.79 Å². The van der Waals surface area contributed by atoms with Gasteiger partial charge in [0.05, 0.1) is 12.6 Å². The molecular weight excluding hydrogens is 296 g/mol. The van der Waals surface area contributed by atoms with Crippen molar-refractivity contribution in [3.05, 3.63) is 24.4 Å². The summed E-state index contributed by atoms with van der Waals surface area (Å²) in [4.78, 5) is 13.2. The maximum absolute atomic E-state index is 11.1. The monoisotopic (exact) mass is 316 g/mol. The number of aromatic nitrogens is 4.